The molecule has 0 amide bonds. The number of rotatable bonds is 7. The minimum atomic E-state index is -3.45. The van der Waals surface area contributed by atoms with Crippen molar-refractivity contribution in [2.45, 2.75) is 38.0 Å². The molecular weight excluding hydrogens is 372 g/mol. The Kier molecular flexibility index (Phi) is 6.72. The number of benzene rings is 2. The molecule has 0 saturated carbocycles. The minimum Gasteiger partial charge on any atom is -0.491 e. The highest BCUT2D eigenvalue weighted by Crippen LogP contribution is 2.24. The monoisotopic (exact) mass is 396 g/mol. The summed E-state index contributed by atoms with van der Waals surface area (Å²) in [6.45, 7) is 6.29. The Hall–Kier alpha value is -1.56. The van der Waals surface area contributed by atoms with Crippen LogP contribution in [0.2, 0.25) is 5.02 Å². The SMILES string of the molecule is CC(C)(C)c1ccc(OC[C@H](O)CS(=O)(=O)Cc2ccc(Cl)cc2)cc1. The maximum Gasteiger partial charge on any atom is 0.157 e. The molecule has 0 spiro atoms. The highest BCUT2D eigenvalue weighted by Gasteiger charge is 2.19. The summed E-state index contributed by atoms with van der Waals surface area (Å²) < 4.78 is 29.9. The van der Waals surface area contributed by atoms with Gasteiger partial charge in [0.1, 0.15) is 18.5 Å². The number of halogens is 1. The Morgan fingerprint density at radius 3 is 2.15 bits per heavy atom. The van der Waals surface area contributed by atoms with Gasteiger partial charge in [-0.15, -0.1) is 0 Å². The fourth-order valence-corrected chi connectivity index (χ4v) is 4.10. The second kappa shape index (κ2) is 8.42. The number of hydrogen-bond acceptors (Lipinski definition) is 4. The molecule has 0 fully saturated rings. The highest BCUT2D eigenvalue weighted by atomic mass is 35.5. The van der Waals surface area contributed by atoms with Gasteiger partial charge in [-0.05, 0) is 40.8 Å². The van der Waals surface area contributed by atoms with E-state index in [0.29, 0.717) is 16.3 Å². The van der Waals surface area contributed by atoms with E-state index in [1.165, 1.54) is 5.56 Å². The van der Waals surface area contributed by atoms with Gasteiger partial charge in [-0.3, -0.25) is 0 Å². The molecule has 0 aliphatic carbocycles. The summed E-state index contributed by atoms with van der Waals surface area (Å²) in [7, 11) is -3.45. The molecule has 0 aliphatic rings. The Bertz CT molecular complexity index is 806. The highest BCUT2D eigenvalue weighted by molar-refractivity contribution is 7.90. The van der Waals surface area contributed by atoms with Crippen LogP contribution in [0.1, 0.15) is 31.9 Å². The molecule has 4 nitrogen and oxygen atoms in total. The first-order valence-corrected chi connectivity index (χ1v) is 10.6. The summed E-state index contributed by atoms with van der Waals surface area (Å²) >= 11 is 5.80. The number of aliphatic hydroxyl groups excluding tert-OH is 1. The van der Waals surface area contributed by atoms with Crippen LogP contribution in [0.25, 0.3) is 0 Å². The van der Waals surface area contributed by atoms with E-state index >= 15 is 0 Å². The van der Waals surface area contributed by atoms with Crippen molar-refractivity contribution in [3.05, 3.63) is 64.7 Å². The molecule has 26 heavy (non-hydrogen) atoms. The van der Waals surface area contributed by atoms with Crippen molar-refractivity contribution in [2.24, 2.45) is 0 Å². The van der Waals surface area contributed by atoms with Crippen LogP contribution >= 0.6 is 11.6 Å². The molecule has 0 aromatic heterocycles. The van der Waals surface area contributed by atoms with E-state index in [-0.39, 0.29) is 23.5 Å². The van der Waals surface area contributed by atoms with Crippen LogP contribution in [-0.4, -0.2) is 32.0 Å². The van der Waals surface area contributed by atoms with Gasteiger partial charge in [-0.2, -0.15) is 0 Å². The van der Waals surface area contributed by atoms with Crippen LogP contribution in [0.5, 0.6) is 5.75 Å². The zero-order valence-corrected chi connectivity index (χ0v) is 16.8. The molecule has 142 valence electrons. The molecule has 2 aromatic carbocycles. The minimum absolute atomic E-state index is 0.0494. The first-order chi connectivity index (χ1) is 12.0. The Balaban J connectivity index is 1.87. The van der Waals surface area contributed by atoms with Gasteiger partial charge in [0.15, 0.2) is 9.84 Å². The van der Waals surface area contributed by atoms with Crippen molar-refractivity contribution in [3.63, 3.8) is 0 Å². The van der Waals surface area contributed by atoms with Crippen molar-refractivity contribution in [1.29, 1.82) is 0 Å². The van der Waals surface area contributed by atoms with E-state index < -0.39 is 15.9 Å². The lowest BCUT2D eigenvalue weighted by atomic mass is 9.87. The van der Waals surface area contributed by atoms with Crippen LogP contribution in [0, 0.1) is 0 Å². The third-order valence-electron chi connectivity index (χ3n) is 3.91. The first-order valence-electron chi connectivity index (χ1n) is 8.41. The van der Waals surface area contributed by atoms with E-state index in [4.69, 9.17) is 16.3 Å². The topological polar surface area (TPSA) is 63.6 Å². The predicted octanol–water partition coefficient (Wildman–Crippen LogP) is 3.99. The maximum absolute atomic E-state index is 12.2. The standard InChI is InChI=1S/C20H25ClO4S/c1-20(2,3)16-6-10-19(11-7-16)25-12-18(22)14-26(23,24)13-15-4-8-17(21)9-5-15/h4-11,18,22H,12-14H2,1-3H3/t18-/m0/s1. The molecule has 2 aromatic rings. The molecule has 0 aliphatic heterocycles. The van der Waals surface area contributed by atoms with Gasteiger partial charge in [0.05, 0.1) is 11.5 Å². The van der Waals surface area contributed by atoms with Crippen molar-refractivity contribution in [1.82, 2.24) is 0 Å². The van der Waals surface area contributed by atoms with E-state index in [1.807, 2.05) is 24.3 Å². The fourth-order valence-electron chi connectivity index (χ4n) is 2.48. The van der Waals surface area contributed by atoms with E-state index in [0.717, 1.165) is 0 Å². The maximum atomic E-state index is 12.2. The molecule has 2 rings (SSSR count). The molecule has 0 heterocycles. The van der Waals surface area contributed by atoms with Gasteiger partial charge < -0.3 is 9.84 Å². The second-order valence-electron chi connectivity index (χ2n) is 7.42. The van der Waals surface area contributed by atoms with Gasteiger partial charge in [0, 0.05) is 5.02 Å². The van der Waals surface area contributed by atoms with Gasteiger partial charge in [0.25, 0.3) is 0 Å². The van der Waals surface area contributed by atoms with E-state index in [9.17, 15) is 13.5 Å². The largest absolute Gasteiger partial charge is 0.491 e. The average molecular weight is 397 g/mol. The number of ether oxygens (including phenoxy) is 1. The summed E-state index contributed by atoms with van der Waals surface area (Å²) in [5.41, 5.74) is 1.87. The molecular formula is C20H25ClO4S. The molecule has 0 saturated heterocycles. The quantitative estimate of drug-likeness (QED) is 0.768. The number of hydrogen-bond donors (Lipinski definition) is 1. The average Bonchev–Trinajstić information content (AvgIpc) is 2.54. The van der Waals surface area contributed by atoms with Gasteiger partial charge in [0.2, 0.25) is 0 Å². The second-order valence-corrected chi connectivity index (χ2v) is 9.97. The predicted molar refractivity (Wildman–Crippen MR) is 106 cm³/mol. The fraction of sp³-hybridized carbons (Fsp3) is 0.400. The van der Waals surface area contributed by atoms with Crippen LogP contribution < -0.4 is 4.74 Å². The Morgan fingerprint density at radius 1 is 1.04 bits per heavy atom. The van der Waals surface area contributed by atoms with Crippen molar-refractivity contribution in [2.75, 3.05) is 12.4 Å². The van der Waals surface area contributed by atoms with Crippen LogP contribution in [0.3, 0.4) is 0 Å². The summed E-state index contributed by atoms with van der Waals surface area (Å²) in [6, 6.07) is 14.2. The third kappa shape index (κ3) is 6.63. The summed E-state index contributed by atoms with van der Waals surface area (Å²) in [6.07, 6.45) is -1.09. The summed E-state index contributed by atoms with van der Waals surface area (Å²) in [5, 5.41) is 10.6. The molecule has 6 heteroatoms. The van der Waals surface area contributed by atoms with Crippen molar-refractivity contribution < 1.29 is 18.3 Å². The number of sulfone groups is 1. The van der Waals surface area contributed by atoms with Gasteiger partial charge in [-0.25, -0.2) is 8.42 Å². The first kappa shape index (κ1) is 20.7. The zero-order valence-electron chi connectivity index (χ0n) is 15.3. The smallest absolute Gasteiger partial charge is 0.157 e. The van der Waals surface area contributed by atoms with Gasteiger partial charge >= 0.3 is 0 Å². The third-order valence-corrected chi connectivity index (χ3v) is 5.83. The normalized spacial score (nSPS) is 13.4. The van der Waals surface area contributed by atoms with Crippen LogP contribution in [-0.2, 0) is 21.0 Å². The molecule has 1 N–H and O–H groups in total. The lowest BCUT2D eigenvalue weighted by molar-refractivity contribution is 0.125. The lowest BCUT2D eigenvalue weighted by Gasteiger charge is -2.19. The number of aliphatic hydroxyl groups is 1. The van der Waals surface area contributed by atoms with Crippen molar-refractivity contribution >= 4 is 21.4 Å². The summed E-state index contributed by atoms with van der Waals surface area (Å²) in [5.74, 6) is 0.115. The zero-order chi connectivity index (χ0) is 19.4. The Labute approximate surface area is 160 Å². The van der Waals surface area contributed by atoms with Crippen molar-refractivity contribution in [3.8, 4) is 5.75 Å². The van der Waals surface area contributed by atoms with Gasteiger partial charge in [-0.1, -0.05) is 56.6 Å². The van der Waals surface area contributed by atoms with E-state index in [1.54, 1.807) is 24.3 Å². The molecule has 0 bridgehead atoms. The lowest BCUT2D eigenvalue weighted by Crippen LogP contribution is -2.27. The summed E-state index contributed by atoms with van der Waals surface area (Å²) in [4.78, 5) is 0. The Morgan fingerprint density at radius 2 is 1.62 bits per heavy atom. The van der Waals surface area contributed by atoms with Crippen LogP contribution in [0.4, 0.5) is 0 Å². The molecule has 1 atom stereocenters. The molecule has 0 radical (unpaired) electrons. The van der Waals surface area contributed by atoms with E-state index in [2.05, 4.69) is 20.8 Å². The molecule has 0 unspecified atom stereocenters. The van der Waals surface area contributed by atoms with Crippen LogP contribution in [0.15, 0.2) is 48.5 Å².